The molecule has 0 heterocycles. The van der Waals surface area contributed by atoms with E-state index < -0.39 is 0 Å². The normalized spacial score (nSPS) is 11.9. The summed E-state index contributed by atoms with van der Waals surface area (Å²) in [4.78, 5) is 0. The third-order valence-corrected chi connectivity index (χ3v) is 6.40. The van der Waals surface area contributed by atoms with Crippen molar-refractivity contribution in [3.63, 3.8) is 0 Å². The lowest BCUT2D eigenvalue weighted by molar-refractivity contribution is 1.54. The van der Waals surface area contributed by atoms with Crippen LogP contribution in [0.1, 0.15) is 11.1 Å². The van der Waals surface area contributed by atoms with Gasteiger partial charge in [-0.25, -0.2) is 0 Å². The van der Waals surface area contributed by atoms with Gasteiger partial charge in [-0.2, -0.15) is 0 Å². The van der Waals surface area contributed by atoms with E-state index in [1.54, 1.807) is 0 Å². The van der Waals surface area contributed by atoms with Gasteiger partial charge in [0.05, 0.1) is 0 Å². The van der Waals surface area contributed by atoms with Crippen LogP contribution in [-0.4, -0.2) is 0 Å². The van der Waals surface area contributed by atoms with Gasteiger partial charge in [0, 0.05) is 0 Å². The maximum atomic E-state index is 2.41. The molecule has 0 heteroatoms. The highest BCUT2D eigenvalue weighted by Gasteiger charge is 2.13. The summed E-state index contributed by atoms with van der Waals surface area (Å²) >= 11 is 0. The van der Waals surface area contributed by atoms with Gasteiger partial charge in [0.1, 0.15) is 0 Å². The highest BCUT2D eigenvalue weighted by Crippen LogP contribution is 2.39. The van der Waals surface area contributed by atoms with E-state index in [-0.39, 0.29) is 0 Å². The molecular formula is C28H20. The van der Waals surface area contributed by atoms with Crippen molar-refractivity contribution in [2.45, 2.75) is 13.8 Å². The lowest BCUT2D eigenvalue weighted by atomic mass is 9.88. The van der Waals surface area contributed by atoms with E-state index in [9.17, 15) is 0 Å². The van der Waals surface area contributed by atoms with Gasteiger partial charge >= 0.3 is 0 Å². The first-order valence-corrected chi connectivity index (χ1v) is 9.88. The molecule has 0 unspecified atom stereocenters. The van der Waals surface area contributed by atoms with Crippen LogP contribution in [-0.2, 0) is 0 Å². The van der Waals surface area contributed by atoms with Gasteiger partial charge in [0.2, 0.25) is 0 Å². The molecule has 0 radical (unpaired) electrons. The van der Waals surface area contributed by atoms with E-state index >= 15 is 0 Å². The minimum Gasteiger partial charge on any atom is -0.0616 e. The van der Waals surface area contributed by atoms with Gasteiger partial charge in [-0.15, -0.1) is 0 Å². The standard InChI is InChI=1S/C28H20/c1-17-22-14-13-20-8-4-6-10-24(20)28(22)18(2)26-16-27-21(15-25(17)26)12-11-19-7-3-5-9-23(19)27/h3-16H,1-2H3. The Morgan fingerprint density at radius 3 is 1.82 bits per heavy atom. The fraction of sp³-hybridized carbons (Fsp3) is 0.0714. The van der Waals surface area contributed by atoms with Crippen LogP contribution >= 0.6 is 0 Å². The Balaban J connectivity index is 1.88. The second kappa shape index (κ2) is 5.56. The van der Waals surface area contributed by atoms with Crippen LogP contribution in [0, 0.1) is 13.8 Å². The van der Waals surface area contributed by atoms with Gasteiger partial charge in [-0.3, -0.25) is 0 Å². The molecule has 0 nitrogen and oxygen atoms in total. The van der Waals surface area contributed by atoms with Crippen molar-refractivity contribution in [2.24, 2.45) is 0 Å². The fourth-order valence-corrected chi connectivity index (χ4v) is 4.94. The zero-order valence-corrected chi connectivity index (χ0v) is 16.1. The maximum absolute atomic E-state index is 2.41. The highest BCUT2D eigenvalue weighted by molar-refractivity contribution is 6.20. The molecule has 28 heavy (non-hydrogen) atoms. The summed E-state index contributed by atoms with van der Waals surface area (Å²) in [6, 6.07) is 31.3. The molecule has 0 amide bonds. The minimum atomic E-state index is 1.30. The third kappa shape index (κ3) is 2.00. The van der Waals surface area contributed by atoms with E-state index in [0.717, 1.165) is 0 Å². The van der Waals surface area contributed by atoms with Crippen molar-refractivity contribution < 1.29 is 0 Å². The summed E-state index contributed by atoms with van der Waals surface area (Å²) in [6.07, 6.45) is 0. The smallest absolute Gasteiger partial charge is 0.00670 e. The average Bonchev–Trinajstić information content (AvgIpc) is 2.75. The van der Waals surface area contributed by atoms with Crippen molar-refractivity contribution in [1.29, 1.82) is 0 Å². The Labute approximate surface area is 164 Å². The summed E-state index contributed by atoms with van der Waals surface area (Å²) in [5.74, 6) is 0. The zero-order chi connectivity index (χ0) is 18.8. The Morgan fingerprint density at radius 2 is 1.00 bits per heavy atom. The van der Waals surface area contributed by atoms with Crippen LogP contribution < -0.4 is 0 Å². The largest absolute Gasteiger partial charge is 0.0616 e. The maximum Gasteiger partial charge on any atom is -0.00670 e. The Hall–Kier alpha value is -3.38. The van der Waals surface area contributed by atoms with Crippen molar-refractivity contribution >= 4 is 53.9 Å². The van der Waals surface area contributed by atoms with Gasteiger partial charge < -0.3 is 0 Å². The van der Waals surface area contributed by atoms with Crippen LogP contribution in [0.25, 0.3) is 53.9 Å². The second-order valence-corrected chi connectivity index (χ2v) is 7.86. The monoisotopic (exact) mass is 356 g/mol. The third-order valence-electron chi connectivity index (χ3n) is 6.40. The summed E-state index contributed by atoms with van der Waals surface area (Å²) in [7, 11) is 0. The predicted octanol–water partition coefficient (Wildman–Crippen LogP) is 8.07. The molecule has 0 fully saturated rings. The predicted molar refractivity (Wildman–Crippen MR) is 123 cm³/mol. The van der Waals surface area contributed by atoms with Crippen LogP contribution in [0.2, 0.25) is 0 Å². The van der Waals surface area contributed by atoms with E-state index in [4.69, 9.17) is 0 Å². The topological polar surface area (TPSA) is 0 Å². The molecule has 0 bridgehead atoms. The number of benzene rings is 6. The average molecular weight is 356 g/mol. The molecule has 0 aliphatic carbocycles. The summed E-state index contributed by atoms with van der Waals surface area (Å²) in [5, 5.41) is 13.4. The zero-order valence-electron chi connectivity index (χ0n) is 16.1. The molecule has 0 aromatic heterocycles. The van der Waals surface area contributed by atoms with E-state index in [0.29, 0.717) is 0 Å². The number of fused-ring (bicyclic) bond motifs is 7. The lowest BCUT2D eigenvalue weighted by Crippen LogP contribution is -1.90. The number of rotatable bonds is 0. The summed E-state index contributed by atoms with van der Waals surface area (Å²) < 4.78 is 0. The molecule has 0 aliphatic heterocycles. The Kier molecular flexibility index (Phi) is 3.11. The lowest BCUT2D eigenvalue weighted by Gasteiger charge is -2.16. The first kappa shape index (κ1) is 15.7. The van der Waals surface area contributed by atoms with Crippen molar-refractivity contribution in [1.82, 2.24) is 0 Å². The number of hydrogen-bond acceptors (Lipinski definition) is 0. The molecule has 0 N–H and O–H groups in total. The summed E-state index contributed by atoms with van der Waals surface area (Å²) in [5.41, 5.74) is 2.75. The SMILES string of the molecule is Cc1c2cc3ccc4ccccc4c3cc2c(C)c2c1ccc1ccccc12. The minimum absolute atomic E-state index is 1.30. The van der Waals surface area contributed by atoms with Crippen molar-refractivity contribution in [2.75, 3.05) is 0 Å². The first-order chi connectivity index (χ1) is 13.7. The molecule has 6 aromatic rings. The van der Waals surface area contributed by atoms with E-state index in [1.165, 1.54) is 65.0 Å². The van der Waals surface area contributed by atoms with Crippen LogP contribution in [0.4, 0.5) is 0 Å². The molecule has 0 saturated carbocycles. The van der Waals surface area contributed by atoms with Gasteiger partial charge in [0.25, 0.3) is 0 Å². The molecule has 6 aromatic carbocycles. The highest BCUT2D eigenvalue weighted by atomic mass is 14.2. The van der Waals surface area contributed by atoms with Crippen molar-refractivity contribution in [3.8, 4) is 0 Å². The van der Waals surface area contributed by atoms with Gasteiger partial charge in [0.15, 0.2) is 0 Å². The number of aryl methyl sites for hydroxylation is 2. The molecule has 0 aliphatic rings. The molecule has 132 valence electrons. The first-order valence-electron chi connectivity index (χ1n) is 9.88. The molecule has 0 saturated heterocycles. The van der Waals surface area contributed by atoms with Crippen LogP contribution in [0.3, 0.4) is 0 Å². The van der Waals surface area contributed by atoms with E-state index in [1.807, 2.05) is 0 Å². The summed E-state index contributed by atoms with van der Waals surface area (Å²) in [6.45, 7) is 4.55. The Bertz CT molecular complexity index is 1570. The van der Waals surface area contributed by atoms with Gasteiger partial charge in [-0.05, 0) is 91.0 Å². The van der Waals surface area contributed by atoms with Gasteiger partial charge in [-0.1, -0.05) is 72.8 Å². The van der Waals surface area contributed by atoms with E-state index in [2.05, 4.69) is 98.8 Å². The van der Waals surface area contributed by atoms with Crippen LogP contribution in [0.5, 0.6) is 0 Å². The van der Waals surface area contributed by atoms with Crippen LogP contribution in [0.15, 0.2) is 84.9 Å². The second-order valence-electron chi connectivity index (χ2n) is 7.86. The molecule has 6 rings (SSSR count). The molecule has 0 atom stereocenters. The Morgan fingerprint density at radius 1 is 0.393 bits per heavy atom. The number of hydrogen-bond donors (Lipinski definition) is 0. The quantitative estimate of drug-likeness (QED) is 0.191. The molecule has 0 spiro atoms. The molecular weight excluding hydrogens is 336 g/mol. The van der Waals surface area contributed by atoms with Crippen molar-refractivity contribution in [3.05, 3.63) is 96.1 Å². The fourth-order valence-electron chi connectivity index (χ4n) is 4.94.